The van der Waals surface area contributed by atoms with E-state index in [9.17, 15) is 8.42 Å². The molecule has 0 radical (unpaired) electrons. The fraction of sp³-hybridized carbons (Fsp3) is 1.00. The molecule has 6 nitrogen and oxygen atoms in total. The van der Waals surface area contributed by atoms with Gasteiger partial charge in [0.05, 0.1) is 19.0 Å². The molecule has 0 bridgehead atoms. The third kappa shape index (κ3) is 4.39. The monoisotopic (exact) mass is 305 g/mol. The highest BCUT2D eigenvalue weighted by Crippen LogP contribution is 2.21. The number of hydrogen-bond acceptors (Lipinski definition) is 5. The molecule has 0 spiro atoms. The van der Waals surface area contributed by atoms with Gasteiger partial charge in [-0.1, -0.05) is 0 Å². The topological polar surface area (TPSA) is 75.9 Å². The van der Waals surface area contributed by atoms with Crippen LogP contribution in [-0.2, 0) is 14.8 Å². The summed E-state index contributed by atoms with van der Waals surface area (Å²) in [7, 11) is -3.05. The summed E-state index contributed by atoms with van der Waals surface area (Å²) in [5, 5.41) is 0. The fourth-order valence-electron chi connectivity index (χ4n) is 3.06. The number of rotatable bonds is 4. The summed E-state index contributed by atoms with van der Waals surface area (Å²) in [6.07, 6.45) is 3.46. The van der Waals surface area contributed by atoms with E-state index in [4.69, 9.17) is 10.5 Å². The van der Waals surface area contributed by atoms with Crippen molar-refractivity contribution >= 4 is 10.0 Å². The highest BCUT2D eigenvalue weighted by Gasteiger charge is 2.29. The molecule has 3 atom stereocenters. The lowest BCUT2D eigenvalue weighted by Gasteiger charge is -2.39. The molecule has 20 heavy (non-hydrogen) atoms. The van der Waals surface area contributed by atoms with Crippen molar-refractivity contribution in [1.29, 1.82) is 0 Å². The third-order valence-corrected chi connectivity index (χ3v) is 5.50. The quantitative estimate of drug-likeness (QED) is 0.772. The summed E-state index contributed by atoms with van der Waals surface area (Å²) in [6, 6.07) is 0.0386. The van der Waals surface area contributed by atoms with E-state index in [1.165, 1.54) is 6.26 Å². The van der Waals surface area contributed by atoms with Gasteiger partial charge in [-0.15, -0.1) is 0 Å². The lowest BCUT2D eigenvalue weighted by Crippen LogP contribution is -2.52. The Hall–Kier alpha value is -0.210. The van der Waals surface area contributed by atoms with Crippen molar-refractivity contribution in [2.45, 2.75) is 31.9 Å². The standard InChI is InChI=1S/C13H27N3O3S/c1-11(14)13-10-15(6-7-19-13)8-12-4-3-5-16(9-12)20(2,17)18/h11-13H,3-10,14H2,1-2H3. The largest absolute Gasteiger partial charge is 0.374 e. The van der Waals surface area contributed by atoms with Gasteiger partial charge in [-0.2, -0.15) is 0 Å². The van der Waals surface area contributed by atoms with Crippen LogP contribution in [0.15, 0.2) is 0 Å². The number of nitrogens with two attached hydrogens (primary N) is 1. The molecule has 2 saturated heterocycles. The van der Waals surface area contributed by atoms with E-state index >= 15 is 0 Å². The van der Waals surface area contributed by atoms with E-state index < -0.39 is 10.0 Å². The van der Waals surface area contributed by atoms with Crippen LogP contribution in [0.2, 0.25) is 0 Å². The number of morpholine rings is 1. The van der Waals surface area contributed by atoms with Crippen LogP contribution in [0.25, 0.3) is 0 Å². The molecule has 2 aliphatic heterocycles. The summed E-state index contributed by atoms with van der Waals surface area (Å²) in [4.78, 5) is 2.37. The minimum atomic E-state index is -3.05. The molecule has 2 aliphatic rings. The lowest BCUT2D eigenvalue weighted by atomic mass is 9.98. The zero-order chi connectivity index (χ0) is 14.8. The molecule has 0 aliphatic carbocycles. The van der Waals surface area contributed by atoms with Gasteiger partial charge in [-0.25, -0.2) is 12.7 Å². The first-order valence-electron chi connectivity index (χ1n) is 7.41. The van der Waals surface area contributed by atoms with Crippen LogP contribution in [0.4, 0.5) is 0 Å². The molecule has 3 unspecified atom stereocenters. The first-order valence-corrected chi connectivity index (χ1v) is 9.25. The SMILES string of the molecule is CC(N)C1CN(CC2CCCN(S(C)(=O)=O)C2)CCO1. The normalized spacial score (nSPS) is 32.1. The molecule has 0 aromatic heterocycles. The number of sulfonamides is 1. The first kappa shape index (κ1) is 16.2. The Kier molecular flexibility index (Phi) is 5.42. The minimum Gasteiger partial charge on any atom is -0.374 e. The van der Waals surface area contributed by atoms with Crippen LogP contribution in [0.1, 0.15) is 19.8 Å². The van der Waals surface area contributed by atoms with E-state index in [2.05, 4.69) is 4.90 Å². The van der Waals surface area contributed by atoms with Crippen molar-refractivity contribution in [1.82, 2.24) is 9.21 Å². The van der Waals surface area contributed by atoms with Gasteiger partial charge in [-0.05, 0) is 25.7 Å². The van der Waals surface area contributed by atoms with Crippen molar-refractivity contribution in [3.8, 4) is 0 Å². The summed E-state index contributed by atoms with van der Waals surface area (Å²) >= 11 is 0. The third-order valence-electron chi connectivity index (χ3n) is 4.23. The average Bonchev–Trinajstić information content (AvgIpc) is 2.38. The van der Waals surface area contributed by atoms with E-state index in [1.807, 2.05) is 6.92 Å². The van der Waals surface area contributed by atoms with Gasteiger partial charge >= 0.3 is 0 Å². The van der Waals surface area contributed by atoms with Gasteiger partial charge < -0.3 is 10.5 Å². The molecule has 0 saturated carbocycles. The molecule has 7 heteroatoms. The Balaban J connectivity index is 1.86. The number of ether oxygens (including phenoxy) is 1. The number of nitrogens with zero attached hydrogens (tertiary/aromatic N) is 2. The summed E-state index contributed by atoms with van der Waals surface area (Å²) in [5.41, 5.74) is 5.90. The molecule has 2 rings (SSSR count). The van der Waals surface area contributed by atoms with Crippen LogP contribution < -0.4 is 5.73 Å². The maximum Gasteiger partial charge on any atom is 0.211 e. The number of piperidine rings is 1. The van der Waals surface area contributed by atoms with E-state index in [0.29, 0.717) is 25.6 Å². The highest BCUT2D eigenvalue weighted by atomic mass is 32.2. The molecular weight excluding hydrogens is 278 g/mol. The smallest absolute Gasteiger partial charge is 0.211 e. The predicted molar refractivity (Wildman–Crippen MR) is 79.0 cm³/mol. The van der Waals surface area contributed by atoms with Gasteiger partial charge in [0.2, 0.25) is 10.0 Å². The summed E-state index contributed by atoms with van der Waals surface area (Å²) in [5.74, 6) is 0.422. The second-order valence-corrected chi connectivity index (χ2v) is 8.14. The van der Waals surface area contributed by atoms with Crippen LogP contribution >= 0.6 is 0 Å². The predicted octanol–water partition coefficient (Wildman–Crippen LogP) is -0.294. The number of hydrogen-bond donors (Lipinski definition) is 1. The van der Waals surface area contributed by atoms with Gasteiger partial charge in [-0.3, -0.25) is 4.90 Å². The minimum absolute atomic E-state index is 0.0386. The average molecular weight is 305 g/mol. The van der Waals surface area contributed by atoms with Gasteiger partial charge in [0.25, 0.3) is 0 Å². The zero-order valence-corrected chi connectivity index (χ0v) is 13.3. The Bertz CT molecular complexity index is 413. The Labute approximate surface area is 122 Å². The maximum atomic E-state index is 11.6. The van der Waals surface area contributed by atoms with E-state index in [-0.39, 0.29) is 12.1 Å². The summed E-state index contributed by atoms with van der Waals surface area (Å²) in [6.45, 7) is 6.72. The van der Waals surface area contributed by atoms with E-state index in [1.54, 1.807) is 4.31 Å². The molecule has 2 heterocycles. The Morgan fingerprint density at radius 1 is 1.35 bits per heavy atom. The van der Waals surface area contributed by atoms with Crippen molar-refractivity contribution < 1.29 is 13.2 Å². The lowest BCUT2D eigenvalue weighted by molar-refractivity contribution is -0.0434. The molecule has 0 aromatic carbocycles. The van der Waals surface area contributed by atoms with Crippen LogP contribution in [0.3, 0.4) is 0 Å². The van der Waals surface area contributed by atoms with E-state index in [0.717, 1.165) is 32.5 Å². The second-order valence-electron chi connectivity index (χ2n) is 6.16. The molecule has 0 amide bonds. The Morgan fingerprint density at radius 3 is 2.75 bits per heavy atom. The van der Waals surface area contributed by atoms with Crippen molar-refractivity contribution in [2.24, 2.45) is 11.7 Å². The zero-order valence-electron chi connectivity index (χ0n) is 12.5. The molecule has 0 aromatic rings. The van der Waals surface area contributed by atoms with Crippen molar-refractivity contribution in [3.05, 3.63) is 0 Å². The first-order chi connectivity index (χ1) is 9.36. The second kappa shape index (κ2) is 6.70. The van der Waals surface area contributed by atoms with Crippen molar-refractivity contribution in [3.63, 3.8) is 0 Å². The molecule has 2 N–H and O–H groups in total. The summed E-state index contributed by atoms with van der Waals surface area (Å²) < 4.78 is 30.6. The highest BCUT2D eigenvalue weighted by molar-refractivity contribution is 7.88. The molecule has 2 fully saturated rings. The fourth-order valence-corrected chi connectivity index (χ4v) is 4.00. The van der Waals surface area contributed by atoms with Crippen LogP contribution in [0, 0.1) is 5.92 Å². The molecule has 118 valence electrons. The Morgan fingerprint density at radius 2 is 2.10 bits per heavy atom. The van der Waals surface area contributed by atoms with Crippen LogP contribution in [0.5, 0.6) is 0 Å². The van der Waals surface area contributed by atoms with Gasteiger partial charge in [0.1, 0.15) is 0 Å². The van der Waals surface area contributed by atoms with Gasteiger partial charge in [0, 0.05) is 38.8 Å². The van der Waals surface area contributed by atoms with Crippen LogP contribution in [-0.4, -0.2) is 75.4 Å². The maximum absolute atomic E-state index is 11.6. The van der Waals surface area contributed by atoms with Crippen molar-refractivity contribution in [2.75, 3.05) is 45.6 Å². The van der Waals surface area contributed by atoms with Gasteiger partial charge in [0.15, 0.2) is 0 Å². The molecular formula is C13H27N3O3S.